The van der Waals surface area contributed by atoms with E-state index in [1.165, 1.54) is 7.11 Å². The normalized spacial score (nSPS) is 10.0. The third-order valence-electron chi connectivity index (χ3n) is 2.65. The van der Waals surface area contributed by atoms with Gasteiger partial charge in [0.15, 0.2) is 0 Å². The maximum absolute atomic E-state index is 13.8. The molecule has 8 heteroatoms. The van der Waals surface area contributed by atoms with Crippen LogP contribution >= 0.6 is 23.5 Å². The molecule has 1 N–H and O–H groups in total. The first-order valence-electron chi connectivity index (χ1n) is 6.28. The summed E-state index contributed by atoms with van der Waals surface area (Å²) in [7, 11) is 1.18. The molecule has 0 aliphatic rings. The van der Waals surface area contributed by atoms with Crippen molar-refractivity contribution in [3.8, 4) is 5.75 Å². The highest BCUT2D eigenvalue weighted by molar-refractivity contribution is 8.14. The lowest BCUT2D eigenvalue weighted by Gasteiger charge is -2.09. The van der Waals surface area contributed by atoms with Crippen LogP contribution in [0.5, 0.6) is 5.75 Å². The van der Waals surface area contributed by atoms with Crippen LogP contribution in [0.4, 0.5) is 14.9 Å². The number of ether oxygens (including phenoxy) is 2. The average molecular weight is 356 g/mol. The Labute approximate surface area is 140 Å². The number of para-hydroxylation sites is 1. The number of nitrogens with one attached hydrogen (secondary N) is 1. The summed E-state index contributed by atoms with van der Waals surface area (Å²) in [5, 5.41) is -0.776. The molecule has 0 aliphatic heterocycles. The Morgan fingerprint density at radius 1 is 1.22 bits per heavy atom. The number of rotatable bonds is 4. The van der Waals surface area contributed by atoms with Crippen LogP contribution in [-0.2, 0) is 4.74 Å². The number of benzene rings is 2. The first-order chi connectivity index (χ1) is 11.0. The molecule has 0 atom stereocenters. The van der Waals surface area contributed by atoms with E-state index in [4.69, 9.17) is 16.3 Å². The van der Waals surface area contributed by atoms with Crippen molar-refractivity contribution < 1.29 is 23.5 Å². The van der Waals surface area contributed by atoms with Gasteiger partial charge in [-0.15, -0.1) is 0 Å². The van der Waals surface area contributed by atoms with Crippen LogP contribution in [0.1, 0.15) is 10.4 Å². The predicted octanol–water partition coefficient (Wildman–Crippen LogP) is 4.52. The van der Waals surface area contributed by atoms with Gasteiger partial charge in [-0.25, -0.2) is 14.0 Å². The minimum atomic E-state index is -0.720. The molecule has 0 aliphatic carbocycles. The molecule has 0 radical (unpaired) electrons. The second-order valence-electron chi connectivity index (χ2n) is 4.17. The quantitative estimate of drug-likeness (QED) is 0.642. The highest BCUT2D eigenvalue weighted by atomic mass is 35.5. The molecule has 0 saturated carbocycles. The molecule has 0 unspecified atom stereocenters. The van der Waals surface area contributed by atoms with E-state index >= 15 is 0 Å². The van der Waals surface area contributed by atoms with Crippen LogP contribution in [-0.4, -0.2) is 18.4 Å². The van der Waals surface area contributed by atoms with Crippen LogP contribution < -0.4 is 9.46 Å². The molecule has 0 spiro atoms. The van der Waals surface area contributed by atoms with Crippen molar-refractivity contribution in [1.82, 2.24) is 0 Å². The third kappa shape index (κ3) is 4.61. The van der Waals surface area contributed by atoms with Gasteiger partial charge in [-0.2, -0.15) is 0 Å². The van der Waals surface area contributed by atoms with E-state index in [9.17, 15) is 14.0 Å². The zero-order valence-electron chi connectivity index (χ0n) is 11.8. The van der Waals surface area contributed by atoms with Crippen LogP contribution in [0.25, 0.3) is 0 Å². The van der Waals surface area contributed by atoms with Gasteiger partial charge in [0.1, 0.15) is 11.6 Å². The molecule has 0 heterocycles. The number of methoxy groups -OCH3 is 1. The van der Waals surface area contributed by atoms with Crippen LogP contribution in [0, 0.1) is 5.82 Å². The lowest BCUT2D eigenvalue weighted by Crippen LogP contribution is -2.07. The molecule has 0 amide bonds. The monoisotopic (exact) mass is 355 g/mol. The summed E-state index contributed by atoms with van der Waals surface area (Å²) in [6, 6.07) is 10.5. The molecule has 2 rings (SSSR count). The van der Waals surface area contributed by atoms with Crippen molar-refractivity contribution in [2.75, 3.05) is 11.8 Å². The maximum Gasteiger partial charge on any atom is 0.393 e. The summed E-state index contributed by atoms with van der Waals surface area (Å²) in [6.45, 7) is 0. The minimum absolute atomic E-state index is 0.0184. The van der Waals surface area contributed by atoms with Crippen molar-refractivity contribution >= 4 is 40.5 Å². The Bertz CT molecular complexity index is 727. The molecule has 0 saturated heterocycles. The molecule has 0 bridgehead atoms. The van der Waals surface area contributed by atoms with E-state index in [1.807, 2.05) is 0 Å². The van der Waals surface area contributed by atoms with Crippen molar-refractivity contribution in [3.63, 3.8) is 0 Å². The lowest BCUT2D eigenvalue weighted by atomic mass is 10.2. The van der Waals surface area contributed by atoms with Crippen LogP contribution in [0.3, 0.4) is 0 Å². The van der Waals surface area contributed by atoms with Gasteiger partial charge >= 0.3 is 11.3 Å². The molecule has 2 aromatic carbocycles. The summed E-state index contributed by atoms with van der Waals surface area (Å²) in [4.78, 5) is 23.2. The Hall–Kier alpha value is -2.25. The molecule has 23 heavy (non-hydrogen) atoms. The maximum atomic E-state index is 13.8. The first-order valence-corrected chi connectivity index (χ1v) is 7.47. The Morgan fingerprint density at radius 3 is 2.57 bits per heavy atom. The summed E-state index contributed by atoms with van der Waals surface area (Å²) < 4.78 is 25.9. The number of esters is 1. The second-order valence-corrected chi connectivity index (χ2v) is 5.32. The summed E-state index contributed by atoms with van der Waals surface area (Å²) in [5.74, 6) is -1.07. The molecular formula is C15H11ClFNO4S. The van der Waals surface area contributed by atoms with Crippen LogP contribution in [0.15, 0.2) is 42.5 Å². The van der Waals surface area contributed by atoms with Crippen molar-refractivity contribution in [2.45, 2.75) is 0 Å². The first kappa shape index (κ1) is 17.1. The third-order valence-corrected chi connectivity index (χ3v) is 3.54. The van der Waals surface area contributed by atoms with E-state index in [0.717, 1.165) is 12.1 Å². The van der Waals surface area contributed by atoms with E-state index < -0.39 is 17.1 Å². The number of hydrogen-bond donors (Lipinski definition) is 1. The van der Waals surface area contributed by atoms with Gasteiger partial charge in [-0.05, 0) is 24.3 Å². The minimum Gasteiger partial charge on any atom is -0.465 e. The molecule has 120 valence electrons. The van der Waals surface area contributed by atoms with Gasteiger partial charge in [0.25, 0.3) is 0 Å². The van der Waals surface area contributed by atoms with Gasteiger partial charge in [0.2, 0.25) is 0 Å². The molecule has 5 nitrogen and oxygen atoms in total. The summed E-state index contributed by atoms with van der Waals surface area (Å²) >= 11 is 6.30. The largest absolute Gasteiger partial charge is 0.465 e. The molecule has 0 aromatic heterocycles. The fourth-order valence-corrected chi connectivity index (χ4v) is 2.31. The van der Waals surface area contributed by atoms with Crippen molar-refractivity contribution in [1.29, 1.82) is 0 Å². The SMILES string of the molecule is COC(=O)c1cc(NSC(=O)Oc2ccccc2)c(F)cc1Cl. The van der Waals surface area contributed by atoms with E-state index in [-0.39, 0.29) is 16.3 Å². The number of anilines is 1. The van der Waals surface area contributed by atoms with Gasteiger partial charge in [-0.3, -0.25) is 0 Å². The van der Waals surface area contributed by atoms with E-state index in [1.54, 1.807) is 30.3 Å². The molecule has 0 fully saturated rings. The van der Waals surface area contributed by atoms with Crippen LogP contribution in [0.2, 0.25) is 5.02 Å². The van der Waals surface area contributed by atoms with Gasteiger partial charge in [-0.1, -0.05) is 29.8 Å². The fraction of sp³-hybridized carbons (Fsp3) is 0.0667. The standard InChI is InChI=1S/C15H11ClFNO4S/c1-21-14(19)10-7-13(12(17)8-11(10)16)18-23-15(20)22-9-5-3-2-4-6-9/h2-8,18H,1H3. The summed E-state index contributed by atoms with van der Waals surface area (Å²) in [5.41, 5.74) is -0.111. The van der Waals surface area contributed by atoms with Gasteiger partial charge in [0, 0.05) is 0 Å². The highest BCUT2D eigenvalue weighted by Gasteiger charge is 2.16. The average Bonchev–Trinajstić information content (AvgIpc) is 2.54. The van der Waals surface area contributed by atoms with E-state index in [2.05, 4.69) is 9.46 Å². The van der Waals surface area contributed by atoms with Gasteiger partial charge < -0.3 is 14.2 Å². The number of halogens is 2. The molecule has 2 aromatic rings. The smallest absolute Gasteiger partial charge is 0.393 e. The van der Waals surface area contributed by atoms with E-state index in [0.29, 0.717) is 17.7 Å². The number of carbonyl (C=O) groups excluding carboxylic acids is 2. The topological polar surface area (TPSA) is 64.6 Å². The summed E-state index contributed by atoms with van der Waals surface area (Å²) in [6.07, 6.45) is 0. The Morgan fingerprint density at radius 2 is 1.91 bits per heavy atom. The van der Waals surface area contributed by atoms with Crippen molar-refractivity contribution in [3.05, 3.63) is 58.9 Å². The highest BCUT2D eigenvalue weighted by Crippen LogP contribution is 2.27. The zero-order chi connectivity index (χ0) is 16.8. The van der Waals surface area contributed by atoms with Gasteiger partial charge in [0.05, 0.1) is 35.3 Å². The Balaban J connectivity index is 2.05. The Kier molecular flexibility index (Phi) is 5.84. The number of carbonyl (C=O) groups is 2. The second kappa shape index (κ2) is 7.85. The number of hydrogen-bond acceptors (Lipinski definition) is 6. The van der Waals surface area contributed by atoms with Crippen molar-refractivity contribution in [2.24, 2.45) is 0 Å². The zero-order valence-corrected chi connectivity index (χ0v) is 13.4. The lowest BCUT2D eigenvalue weighted by molar-refractivity contribution is 0.0601. The fourth-order valence-electron chi connectivity index (χ4n) is 1.60. The predicted molar refractivity (Wildman–Crippen MR) is 86.4 cm³/mol. The molecular weight excluding hydrogens is 345 g/mol.